The number of rotatable bonds is 4. The normalized spacial score (nSPS) is 13.3. The first-order chi connectivity index (χ1) is 22.6. The summed E-state index contributed by atoms with van der Waals surface area (Å²) in [7, 11) is 0. The van der Waals surface area contributed by atoms with Crippen LogP contribution in [0.2, 0.25) is 0 Å². The molecule has 0 radical (unpaired) electrons. The molecule has 0 unspecified atom stereocenters. The molecule has 4 heteroatoms. The van der Waals surface area contributed by atoms with Gasteiger partial charge in [-0.1, -0.05) is 86.1 Å². The molecule has 0 saturated carbocycles. The smallest absolute Gasteiger partial charge is 0.333 e. The summed E-state index contributed by atoms with van der Waals surface area (Å²) in [5.41, 5.74) is 17.2. The third-order valence-electron chi connectivity index (χ3n) is 10.4. The summed E-state index contributed by atoms with van der Waals surface area (Å²) < 4.78 is 9.54. The van der Waals surface area contributed by atoms with Crippen LogP contribution in [-0.4, -0.2) is 11.3 Å². The van der Waals surface area contributed by atoms with Crippen molar-refractivity contribution in [2.45, 2.75) is 40.0 Å². The zero-order valence-corrected chi connectivity index (χ0v) is 26.4. The minimum absolute atomic E-state index is 0.0103. The largest absolute Gasteiger partial charge is 0.454 e. The fraction of sp³-hybridized carbons (Fsp3) is 0.143. The van der Waals surface area contributed by atoms with Gasteiger partial charge in [0.1, 0.15) is 5.58 Å². The summed E-state index contributed by atoms with van der Waals surface area (Å²) in [4.78, 5) is 2.53. The molecular weight excluding hydrogens is 559 g/mol. The Morgan fingerprint density at radius 3 is 2.41 bits per heavy atom. The summed E-state index contributed by atoms with van der Waals surface area (Å²) in [6.07, 6.45) is 3.44. The van der Waals surface area contributed by atoms with Gasteiger partial charge in [0, 0.05) is 49.5 Å². The van der Waals surface area contributed by atoms with Crippen LogP contribution in [0, 0.1) is 13.8 Å². The standard InChI is InChI=1S/C42H33BN2O/c1-4-5-11-27-20-26(3)21-28(23-27)44-37-22-25(2)18-19-35(37)43-39-33(24-34-30-13-7-9-17-38(30)46-42(34)41(39)44)32-15-10-14-31-29-12-6-8-16-36(29)45(43)40(31)32/h6-10,12-24H,4-5,11H2,1-3H3. The van der Waals surface area contributed by atoms with Crippen molar-refractivity contribution in [3.8, 4) is 11.1 Å². The molecule has 0 amide bonds. The van der Waals surface area contributed by atoms with Crippen LogP contribution in [0.3, 0.4) is 0 Å². The summed E-state index contributed by atoms with van der Waals surface area (Å²) in [5, 5.41) is 4.95. The van der Waals surface area contributed by atoms with Crippen molar-refractivity contribution in [2.75, 3.05) is 4.90 Å². The van der Waals surface area contributed by atoms with Gasteiger partial charge in [0.05, 0.1) is 5.69 Å². The number of benzene rings is 6. The highest BCUT2D eigenvalue weighted by Gasteiger charge is 2.44. The summed E-state index contributed by atoms with van der Waals surface area (Å²) >= 11 is 0. The summed E-state index contributed by atoms with van der Waals surface area (Å²) in [6.45, 7) is 6.73. The van der Waals surface area contributed by atoms with Crippen LogP contribution in [0.4, 0.5) is 17.1 Å². The molecule has 0 N–H and O–H groups in total. The topological polar surface area (TPSA) is 21.3 Å². The Bertz CT molecular complexity index is 2570. The van der Waals surface area contributed by atoms with E-state index in [0.29, 0.717) is 0 Å². The van der Waals surface area contributed by atoms with Crippen LogP contribution in [-0.2, 0) is 6.42 Å². The lowest BCUT2D eigenvalue weighted by Crippen LogP contribution is -2.56. The van der Waals surface area contributed by atoms with E-state index in [1.807, 2.05) is 0 Å². The van der Waals surface area contributed by atoms with Gasteiger partial charge in [0.2, 0.25) is 0 Å². The first-order valence-corrected chi connectivity index (χ1v) is 16.6. The molecule has 46 heavy (non-hydrogen) atoms. The maximum Gasteiger partial charge on any atom is 0.333 e. The monoisotopic (exact) mass is 592 g/mol. The number of aromatic nitrogens is 1. The molecule has 220 valence electrons. The highest BCUT2D eigenvalue weighted by molar-refractivity contribution is 6.90. The van der Waals surface area contributed by atoms with Gasteiger partial charge in [0.15, 0.2) is 5.58 Å². The predicted octanol–water partition coefficient (Wildman–Crippen LogP) is 10.1. The zero-order chi connectivity index (χ0) is 30.7. The second-order valence-corrected chi connectivity index (χ2v) is 13.3. The first-order valence-electron chi connectivity index (χ1n) is 16.6. The first kappa shape index (κ1) is 26.0. The number of nitrogens with zero attached hydrogens (tertiary/aromatic N) is 2. The lowest BCUT2D eigenvalue weighted by Gasteiger charge is -2.40. The molecule has 6 aromatic carbocycles. The summed E-state index contributed by atoms with van der Waals surface area (Å²) in [6, 6.07) is 40.9. The number of hydrogen-bond acceptors (Lipinski definition) is 2. The van der Waals surface area contributed by atoms with E-state index in [0.717, 1.165) is 23.0 Å². The average Bonchev–Trinajstić information content (AvgIpc) is 3.62. The van der Waals surface area contributed by atoms with Gasteiger partial charge in [-0.25, -0.2) is 0 Å². The van der Waals surface area contributed by atoms with Gasteiger partial charge in [-0.3, -0.25) is 0 Å². The van der Waals surface area contributed by atoms with Gasteiger partial charge in [0.25, 0.3) is 0 Å². The van der Waals surface area contributed by atoms with E-state index >= 15 is 0 Å². The second kappa shape index (κ2) is 9.40. The third kappa shape index (κ3) is 3.39. The number of para-hydroxylation sites is 3. The fourth-order valence-electron chi connectivity index (χ4n) is 8.50. The third-order valence-corrected chi connectivity index (χ3v) is 10.4. The van der Waals surface area contributed by atoms with Crippen LogP contribution >= 0.6 is 0 Å². The van der Waals surface area contributed by atoms with Crippen LogP contribution in [0.15, 0.2) is 114 Å². The molecule has 2 aromatic heterocycles. The molecular formula is C42H33BN2O. The van der Waals surface area contributed by atoms with Crippen LogP contribution in [0.5, 0.6) is 0 Å². The van der Waals surface area contributed by atoms with E-state index in [2.05, 4.69) is 139 Å². The fourth-order valence-corrected chi connectivity index (χ4v) is 8.50. The van der Waals surface area contributed by atoms with Crippen LogP contribution in [0.25, 0.3) is 54.9 Å². The van der Waals surface area contributed by atoms with E-state index in [1.54, 1.807) is 0 Å². The highest BCUT2D eigenvalue weighted by Crippen LogP contribution is 2.49. The second-order valence-electron chi connectivity index (χ2n) is 13.3. The van der Waals surface area contributed by atoms with Crippen molar-refractivity contribution >= 4 is 78.6 Å². The number of unbranched alkanes of at least 4 members (excludes halogenated alkanes) is 1. The summed E-state index contributed by atoms with van der Waals surface area (Å²) in [5.74, 6) is 0. The molecule has 0 atom stereocenters. The highest BCUT2D eigenvalue weighted by atomic mass is 16.3. The predicted molar refractivity (Wildman–Crippen MR) is 195 cm³/mol. The van der Waals surface area contributed by atoms with Gasteiger partial charge in [-0.05, 0) is 96.3 Å². The Labute approximate surface area is 268 Å². The quantitative estimate of drug-likeness (QED) is 0.190. The lowest BCUT2D eigenvalue weighted by molar-refractivity contribution is 0.669. The molecule has 0 saturated heterocycles. The molecule has 0 fully saturated rings. The Morgan fingerprint density at radius 1 is 0.696 bits per heavy atom. The number of furan rings is 1. The maximum absolute atomic E-state index is 6.92. The Balaban J connectivity index is 1.42. The maximum atomic E-state index is 6.92. The van der Waals surface area contributed by atoms with E-state index in [1.165, 1.54) is 95.8 Å². The lowest BCUT2D eigenvalue weighted by atomic mass is 9.45. The SMILES string of the molecule is CCCCc1cc(C)cc(N2c3cc(C)ccc3B3c4c(cc5c(oc6ccccc65)c42)-c2cccc4c5ccccc5n3c24)c1. The molecule has 4 heterocycles. The van der Waals surface area contributed by atoms with E-state index in [4.69, 9.17) is 4.42 Å². The molecule has 0 spiro atoms. The minimum atomic E-state index is 0.0103. The van der Waals surface area contributed by atoms with Gasteiger partial charge in [-0.15, -0.1) is 0 Å². The van der Waals surface area contributed by atoms with Crippen molar-refractivity contribution < 1.29 is 4.42 Å². The number of fused-ring (bicyclic) bond motifs is 11. The van der Waals surface area contributed by atoms with Crippen molar-refractivity contribution in [3.05, 3.63) is 126 Å². The zero-order valence-electron chi connectivity index (χ0n) is 26.4. The number of aryl methyl sites for hydroxylation is 3. The van der Waals surface area contributed by atoms with E-state index in [9.17, 15) is 0 Å². The number of anilines is 3. The number of hydrogen-bond donors (Lipinski definition) is 0. The van der Waals surface area contributed by atoms with Gasteiger partial charge >= 0.3 is 6.85 Å². The Kier molecular flexibility index (Phi) is 5.32. The molecule has 2 aliphatic heterocycles. The van der Waals surface area contributed by atoms with Crippen molar-refractivity contribution in [1.29, 1.82) is 0 Å². The Hall–Kier alpha value is -5.22. The Morgan fingerprint density at radius 2 is 1.52 bits per heavy atom. The molecule has 8 aromatic rings. The van der Waals surface area contributed by atoms with E-state index in [-0.39, 0.29) is 6.85 Å². The van der Waals surface area contributed by atoms with E-state index < -0.39 is 0 Å². The van der Waals surface area contributed by atoms with Crippen LogP contribution in [0.1, 0.15) is 36.5 Å². The minimum Gasteiger partial charge on any atom is -0.454 e. The molecule has 10 rings (SSSR count). The molecule has 0 bridgehead atoms. The molecule has 2 aliphatic rings. The van der Waals surface area contributed by atoms with Crippen molar-refractivity contribution in [3.63, 3.8) is 0 Å². The van der Waals surface area contributed by atoms with Crippen LogP contribution < -0.4 is 15.8 Å². The average molecular weight is 593 g/mol. The van der Waals surface area contributed by atoms with Crippen molar-refractivity contribution in [2.24, 2.45) is 0 Å². The van der Waals surface area contributed by atoms with Gasteiger partial charge < -0.3 is 13.8 Å². The molecule has 3 nitrogen and oxygen atoms in total. The molecule has 0 aliphatic carbocycles. The van der Waals surface area contributed by atoms with Gasteiger partial charge in [-0.2, -0.15) is 0 Å². The van der Waals surface area contributed by atoms with Crippen molar-refractivity contribution in [1.82, 2.24) is 4.48 Å².